The average Bonchev–Trinajstić information content (AvgIpc) is 2.70. The van der Waals surface area contributed by atoms with Crippen LogP contribution in [0.5, 0.6) is 0 Å². The molecule has 1 fully saturated rings. The van der Waals surface area contributed by atoms with Crippen molar-refractivity contribution in [3.63, 3.8) is 0 Å². The van der Waals surface area contributed by atoms with Gasteiger partial charge in [0, 0.05) is 24.0 Å². The molecule has 0 spiro atoms. The van der Waals surface area contributed by atoms with Crippen LogP contribution in [0.2, 0.25) is 0 Å². The van der Waals surface area contributed by atoms with Gasteiger partial charge in [-0.05, 0) is 37.9 Å². The van der Waals surface area contributed by atoms with E-state index in [-0.39, 0.29) is 6.04 Å². The van der Waals surface area contributed by atoms with Crippen LogP contribution in [0.4, 0.5) is 4.39 Å². The molecule has 14 heavy (non-hydrogen) atoms. The fourth-order valence-electron chi connectivity index (χ4n) is 1.94. The molecule has 0 aromatic carbocycles. The van der Waals surface area contributed by atoms with Gasteiger partial charge in [-0.3, -0.25) is 4.98 Å². The third kappa shape index (κ3) is 1.77. The van der Waals surface area contributed by atoms with Crippen molar-refractivity contribution in [2.45, 2.75) is 32.0 Å². The van der Waals surface area contributed by atoms with E-state index in [0.29, 0.717) is 0 Å². The van der Waals surface area contributed by atoms with Crippen molar-refractivity contribution >= 4 is 0 Å². The van der Waals surface area contributed by atoms with Gasteiger partial charge in [0.25, 0.3) is 0 Å². The number of nitrogens with zero attached hydrogens (tertiary/aromatic N) is 1. The zero-order valence-electron chi connectivity index (χ0n) is 8.33. The van der Waals surface area contributed by atoms with Crippen molar-refractivity contribution in [2.24, 2.45) is 0 Å². The summed E-state index contributed by atoms with van der Waals surface area (Å²) in [6.45, 7) is 2.86. The number of hydrogen-bond donors (Lipinski definition) is 1. The molecule has 0 radical (unpaired) electrons. The molecule has 0 amide bonds. The van der Waals surface area contributed by atoms with Crippen molar-refractivity contribution in [2.75, 3.05) is 6.54 Å². The Morgan fingerprint density at radius 1 is 1.64 bits per heavy atom. The van der Waals surface area contributed by atoms with Crippen molar-refractivity contribution < 1.29 is 4.39 Å². The molecule has 76 valence electrons. The molecule has 2 nitrogen and oxygen atoms in total. The number of hydrogen-bond acceptors (Lipinski definition) is 2. The monoisotopic (exact) mass is 194 g/mol. The van der Waals surface area contributed by atoms with Gasteiger partial charge in [-0.2, -0.15) is 0 Å². The van der Waals surface area contributed by atoms with Gasteiger partial charge in [0.15, 0.2) is 0 Å². The molecule has 0 aliphatic carbocycles. The van der Waals surface area contributed by atoms with Crippen LogP contribution in [-0.4, -0.2) is 17.6 Å². The van der Waals surface area contributed by atoms with Gasteiger partial charge in [-0.25, -0.2) is 4.39 Å². The van der Waals surface area contributed by atoms with E-state index < -0.39 is 6.17 Å². The first-order chi connectivity index (χ1) is 6.79. The Morgan fingerprint density at radius 3 is 3.14 bits per heavy atom. The largest absolute Gasteiger partial charge is 0.311 e. The lowest BCUT2D eigenvalue weighted by molar-refractivity contribution is 0.269. The van der Waals surface area contributed by atoms with Gasteiger partial charge in [0.1, 0.15) is 6.17 Å². The molecular formula is C11H15FN2. The van der Waals surface area contributed by atoms with E-state index >= 15 is 0 Å². The molecule has 2 unspecified atom stereocenters. The molecule has 1 aliphatic rings. The summed E-state index contributed by atoms with van der Waals surface area (Å²) in [5, 5.41) is 3.18. The fourth-order valence-corrected chi connectivity index (χ4v) is 1.94. The summed E-state index contributed by atoms with van der Waals surface area (Å²) < 4.78 is 14.0. The molecule has 0 bridgehead atoms. The molecule has 1 aromatic heterocycles. The van der Waals surface area contributed by atoms with Gasteiger partial charge in [0.2, 0.25) is 0 Å². The zero-order chi connectivity index (χ0) is 9.97. The molecule has 1 aliphatic heterocycles. The topological polar surface area (TPSA) is 24.9 Å². The van der Waals surface area contributed by atoms with Crippen LogP contribution in [0.15, 0.2) is 18.5 Å². The molecular weight excluding hydrogens is 179 g/mol. The molecule has 1 N–H and O–H groups in total. The van der Waals surface area contributed by atoms with E-state index in [0.717, 1.165) is 30.5 Å². The van der Waals surface area contributed by atoms with Crippen LogP contribution < -0.4 is 5.32 Å². The summed E-state index contributed by atoms with van der Waals surface area (Å²) in [7, 11) is 0. The maximum Gasteiger partial charge on any atom is 0.142 e. The van der Waals surface area contributed by atoms with Gasteiger partial charge < -0.3 is 5.32 Å². The Balaban J connectivity index is 2.17. The quantitative estimate of drug-likeness (QED) is 0.780. The Labute approximate surface area is 83.6 Å². The molecule has 2 heterocycles. The summed E-state index contributed by atoms with van der Waals surface area (Å²) in [5.41, 5.74) is 1.72. The standard InChI is InChI=1S/C11H15FN2/c1-8-4-6-13-7-9(8)11(12)10-3-2-5-14-10/h4,6-7,10-11,14H,2-3,5H2,1H3. The van der Waals surface area contributed by atoms with Crippen LogP contribution in [0, 0.1) is 6.92 Å². The highest BCUT2D eigenvalue weighted by Gasteiger charge is 2.26. The van der Waals surface area contributed by atoms with Crippen LogP contribution in [0.1, 0.15) is 30.1 Å². The first-order valence-electron chi connectivity index (χ1n) is 5.07. The molecule has 0 saturated carbocycles. The van der Waals surface area contributed by atoms with Crippen molar-refractivity contribution in [1.29, 1.82) is 0 Å². The van der Waals surface area contributed by atoms with Gasteiger partial charge in [-0.15, -0.1) is 0 Å². The van der Waals surface area contributed by atoms with Crippen molar-refractivity contribution in [3.05, 3.63) is 29.6 Å². The van der Waals surface area contributed by atoms with E-state index in [1.807, 2.05) is 13.0 Å². The third-order valence-electron chi connectivity index (χ3n) is 2.83. The first kappa shape index (κ1) is 9.59. The number of aromatic nitrogens is 1. The second-order valence-corrected chi connectivity index (χ2v) is 3.84. The van der Waals surface area contributed by atoms with E-state index in [2.05, 4.69) is 10.3 Å². The zero-order valence-corrected chi connectivity index (χ0v) is 8.33. The lowest BCUT2D eigenvalue weighted by Crippen LogP contribution is -2.26. The highest BCUT2D eigenvalue weighted by molar-refractivity contribution is 5.25. The number of aryl methyl sites for hydroxylation is 1. The minimum atomic E-state index is -0.911. The Hall–Kier alpha value is -0.960. The molecule has 1 saturated heterocycles. The van der Waals surface area contributed by atoms with Crippen molar-refractivity contribution in [1.82, 2.24) is 10.3 Å². The SMILES string of the molecule is Cc1ccncc1C(F)C1CCCN1. The smallest absolute Gasteiger partial charge is 0.142 e. The second kappa shape index (κ2) is 4.05. The summed E-state index contributed by atoms with van der Waals surface area (Å²) in [5.74, 6) is 0. The normalized spacial score (nSPS) is 23.7. The third-order valence-corrected chi connectivity index (χ3v) is 2.83. The minimum absolute atomic E-state index is 0.0158. The summed E-state index contributed by atoms with van der Waals surface area (Å²) in [4.78, 5) is 3.97. The number of rotatable bonds is 2. The van der Waals surface area contributed by atoms with Gasteiger partial charge in [-0.1, -0.05) is 0 Å². The van der Waals surface area contributed by atoms with E-state index in [1.54, 1.807) is 12.4 Å². The van der Waals surface area contributed by atoms with Gasteiger partial charge in [0.05, 0.1) is 0 Å². The Bertz CT molecular complexity index is 308. The predicted molar refractivity (Wildman–Crippen MR) is 53.8 cm³/mol. The maximum atomic E-state index is 14.0. The van der Waals surface area contributed by atoms with E-state index in [9.17, 15) is 4.39 Å². The van der Waals surface area contributed by atoms with Crippen molar-refractivity contribution in [3.8, 4) is 0 Å². The summed E-state index contributed by atoms with van der Waals surface area (Å²) in [6.07, 6.45) is 4.43. The minimum Gasteiger partial charge on any atom is -0.311 e. The average molecular weight is 194 g/mol. The first-order valence-corrected chi connectivity index (χ1v) is 5.07. The highest BCUT2D eigenvalue weighted by Crippen LogP contribution is 2.27. The van der Waals surface area contributed by atoms with E-state index in [4.69, 9.17) is 0 Å². The second-order valence-electron chi connectivity index (χ2n) is 3.84. The lowest BCUT2D eigenvalue weighted by Gasteiger charge is -2.17. The molecule has 3 heteroatoms. The lowest BCUT2D eigenvalue weighted by atomic mass is 10.0. The van der Waals surface area contributed by atoms with E-state index in [1.165, 1.54) is 0 Å². The Morgan fingerprint density at radius 2 is 2.50 bits per heavy atom. The predicted octanol–water partition coefficient (Wildman–Crippen LogP) is 2.15. The van der Waals surface area contributed by atoms with Crippen LogP contribution >= 0.6 is 0 Å². The number of pyridine rings is 1. The van der Waals surface area contributed by atoms with Crippen LogP contribution in [-0.2, 0) is 0 Å². The Kier molecular flexibility index (Phi) is 2.77. The highest BCUT2D eigenvalue weighted by atomic mass is 19.1. The van der Waals surface area contributed by atoms with Gasteiger partial charge >= 0.3 is 0 Å². The van der Waals surface area contributed by atoms with Crippen LogP contribution in [0.25, 0.3) is 0 Å². The fraction of sp³-hybridized carbons (Fsp3) is 0.545. The number of nitrogens with one attached hydrogen (secondary N) is 1. The molecule has 2 rings (SSSR count). The van der Waals surface area contributed by atoms with Crippen LogP contribution in [0.3, 0.4) is 0 Å². The molecule has 2 atom stereocenters. The molecule has 1 aromatic rings. The summed E-state index contributed by atoms with van der Waals surface area (Å²) >= 11 is 0. The maximum absolute atomic E-state index is 14.0. The number of halogens is 1. The number of alkyl halides is 1. The summed E-state index contributed by atoms with van der Waals surface area (Å²) in [6, 6.07) is 1.84.